The maximum Gasteiger partial charge on any atom is 0.338 e. The number of benzene rings is 2. The highest BCUT2D eigenvalue weighted by Gasteiger charge is 2.14. The van der Waals surface area contributed by atoms with Gasteiger partial charge in [0.1, 0.15) is 0 Å². The van der Waals surface area contributed by atoms with Crippen LogP contribution in [-0.2, 0) is 4.74 Å². The van der Waals surface area contributed by atoms with E-state index in [0.29, 0.717) is 21.7 Å². The van der Waals surface area contributed by atoms with Gasteiger partial charge in [-0.3, -0.25) is 9.59 Å². The molecule has 0 saturated carbocycles. The number of nitrogens with one attached hydrogen (secondary N) is 1. The lowest BCUT2D eigenvalue weighted by Gasteiger charge is -2.08. The number of carbonyl (C=O) groups excluding carboxylic acids is 3. The van der Waals surface area contributed by atoms with Gasteiger partial charge >= 0.3 is 5.97 Å². The zero-order valence-electron chi connectivity index (χ0n) is 15.5. The molecular weight excluding hydrogens is 374 g/mol. The van der Waals surface area contributed by atoms with Gasteiger partial charge in [0, 0.05) is 11.3 Å². The molecule has 0 aliphatic carbocycles. The second kappa shape index (κ2) is 8.63. The normalized spacial score (nSPS) is 10.4. The molecular formula is C22H19NO4S. The Labute approximate surface area is 167 Å². The van der Waals surface area contributed by atoms with Crippen molar-refractivity contribution in [1.82, 2.24) is 0 Å². The van der Waals surface area contributed by atoms with Gasteiger partial charge in [-0.2, -0.15) is 0 Å². The first-order valence-corrected chi connectivity index (χ1v) is 9.54. The third kappa shape index (κ3) is 4.72. The van der Waals surface area contributed by atoms with E-state index in [1.165, 1.54) is 11.3 Å². The van der Waals surface area contributed by atoms with Crippen molar-refractivity contribution in [2.45, 2.75) is 13.8 Å². The summed E-state index contributed by atoms with van der Waals surface area (Å²) in [6.45, 7) is 3.43. The maximum absolute atomic E-state index is 12.3. The van der Waals surface area contributed by atoms with Crippen LogP contribution in [0.15, 0.2) is 60.0 Å². The number of hydrogen-bond acceptors (Lipinski definition) is 5. The van der Waals surface area contributed by atoms with E-state index in [0.717, 1.165) is 11.1 Å². The number of rotatable bonds is 6. The number of carbonyl (C=O) groups is 3. The second-order valence-electron chi connectivity index (χ2n) is 6.33. The summed E-state index contributed by atoms with van der Waals surface area (Å²) in [6.07, 6.45) is 0. The van der Waals surface area contributed by atoms with Crippen LogP contribution in [-0.4, -0.2) is 24.3 Å². The molecule has 0 aliphatic heterocycles. The number of Topliss-reactive ketones (excluding diaryl/α,β-unsaturated/α-hetero) is 1. The fourth-order valence-corrected chi connectivity index (χ4v) is 3.24. The Hall–Kier alpha value is -3.25. The quantitative estimate of drug-likeness (QED) is 0.488. The van der Waals surface area contributed by atoms with Crippen LogP contribution < -0.4 is 5.32 Å². The molecule has 1 heterocycles. The van der Waals surface area contributed by atoms with Gasteiger partial charge in [0.25, 0.3) is 5.91 Å². The van der Waals surface area contributed by atoms with E-state index in [9.17, 15) is 14.4 Å². The summed E-state index contributed by atoms with van der Waals surface area (Å²) in [5.74, 6) is -1.03. The van der Waals surface area contributed by atoms with E-state index < -0.39 is 5.97 Å². The SMILES string of the molecule is Cc1ccc(C)c(C(=O)COC(=O)c2ccc(NC(=O)c3cccs3)cc2)c1. The molecule has 3 rings (SSSR count). The molecule has 1 N–H and O–H groups in total. The van der Waals surface area contributed by atoms with Crippen LogP contribution in [0, 0.1) is 13.8 Å². The highest BCUT2D eigenvalue weighted by Crippen LogP contribution is 2.15. The molecule has 0 atom stereocenters. The molecule has 0 radical (unpaired) electrons. The zero-order valence-corrected chi connectivity index (χ0v) is 16.3. The van der Waals surface area contributed by atoms with Gasteiger partial charge in [-0.05, 0) is 61.2 Å². The Morgan fingerprint density at radius 3 is 2.43 bits per heavy atom. The van der Waals surface area contributed by atoms with Gasteiger partial charge in [-0.15, -0.1) is 11.3 Å². The predicted octanol–water partition coefficient (Wildman–Crippen LogP) is 4.66. The van der Waals surface area contributed by atoms with Gasteiger partial charge < -0.3 is 10.1 Å². The summed E-state index contributed by atoms with van der Waals surface area (Å²) < 4.78 is 5.14. The van der Waals surface area contributed by atoms with Gasteiger partial charge in [0.05, 0.1) is 10.4 Å². The molecule has 142 valence electrons. The molecule has 0 spiro atoms. The maximum atomic E-state index is 12.3. The van der Waals surface area contributed by atoms with Crippen LogP contribution in [0.25, 0.3) is 0 Å². The van der Waals surface area contributed by atoms with E-state index in [-0.39, 0.29) is 18.3 Å². The van der Waals surface area contributed by atoms with Crippen molar-refractivity contribution >= 4 is 34.7 Å². The molecule has 28 heavy (non-hydrogen) atoms. The Kier molecular flexibility index (Phi) is 6.01. The predicted molar refractivity (Wildman–Crippen MR) is 109 cm³/mol. The molecule has 0 aliphatic rings. The average Bonchev–Trinajstić information content (AvgIpc) is 3.23. The molecule has 5 nitrogen and oxygen atoms in total. The molecule has 3 aromatic rings. The fourth-order valence-electron chi connectivity index (χ4n) is 2.62. The van der Waals surface area contributed by atoms with E-state index in [4.69, 9.17) is 4.74 Å². The number of hydrogen-bond donors (Lipinski definition) is 1. The smallest absolute Gasteiger partial charge is 0.338 e. The molecule has 1 aromatic heterocycles. The number of esters is 1. The third-order valence-corrected chi connectivity index (χ3v) is 5.02. The lowest BCUT2D eigenvalue weighted by Crippen LogP contribution is -2.15. The summed E-state index contributed by atoms with van der Waals surface area (Å²) in [6, 6.07) is 15.5. The van der Waals surface area contributed by atoms with E-state index in [1.807, 2.05) is 31.4 Å². The van der Waals surface area contributed by atoms with Crippen molar-refractivity contribution in [3.8, 4) is 0 Å². The Balaban J connectivity index is 1.58. The van der Waals surface area contributed by atoms with E-state index in [1.54, 1.807) is 42.5 Å². The molecule has 0 bridgehead atoms. The number of anilines is 1. The van der Waals surface area contributed by atoms with Crippen LogP contribution in [0.5, 0.6) is 0 Å². The summed E-state index contributed by atoms with van der Waals surface area (Å²) in [7, 11) is 0. The third-order valence-electron chi connectivity index (χ3n) is 4.15. The Morgan fingerprint density at radius 1 is 1.00 bits per heavy atom. The summed E-state index contributed by atoms with van der Waals surface area (Å²) in [5.41, 5.74) is 3.25. The average molecular weight is 393 g/mol. The minimum absolute atomic E-state index is 0.204. The molecule has 1 amide bonds. The van der Waals surface area contributed by atoms with E-state index >= 15 is 0 Å². The van der Waals surface area contributed by atoms with Crippen molar-refractivity contribution in [2.24, 2.45) is 0 Å². The fraction of sp³-hybridized carbons (Fsp3) is 0.136. The highest BCUT2D eigenvalue weighted by molar-refractivity contribution is 7.12. The molecule has 2 aromatic carbocycles. The Morgan fingerprint density at radius 2 is 1.75 bits per heavy atom. The minimum Gasteiger partial charge on any atom is -0.454 e. The number of aryl methyl sites for hydroxylation is 2. The molecule has 6 heteroatoms. The van der Waals surface area contributed by atoms with Crippen molar-refractivity contribution < 1.29 is 19.1 Å². The first kappa shape index (κ1) is 19.5. The highest BCUT2D eigenvalue weighted by atomic mass is 32.1. The van der Waals surface area contributed by atoms with E-state index in [2.05, 4.69) is 5.32 Å². The number of ether oxygens (including phenoxy) is 1. The van der Waals surface area contributed by atoms with Gasteiger partial charge in [0.2, 0.25) is 5.78 Å². The molecule has 0 unspecified atom stereocenters. The topological polar surface area (TPSA) is 72.5 Å². The zero-order chi connectivity index (χ0) is 20.1. The number of amides is 1. The lowest BCUT2D eigenvalue weighted by atomic mass is 10.0. The van der Waals surface area contributed by atoms with Gasteiger partial charge in [-0.25, -0.2) is 4.79 Å². The second-order valence-corrected chi connectivity index (χ2v) is 7.27. The standard InChI is InChI=1S/C22H19NO4S/c1-14-5-6-15(2)18(12-14)19(24)13-27-22(26)16-7-9-17(10-8-16)23-21(25)20-4-3-11-28-20/h3-12H,13H2,1-2H3,(H,23,25). The van der Waals surface area contributed by atoms with Gasteiger partial charge in [-0.1, -0.05) is 23.8 Å². The van der Waals surface area contributed by atoms with Crippen molar-refractivity contribution in [3.63, 3.8) is 0 Å². The Bertz CT molecular complexity index is 1010. The summed E-state index contributed by atoms with van der Waals surface area (Å²) >= 11 is 1.35. The lowest BCUT2D eigenvalue weighted by molar-refractivity contribution is 0.0474. The molecule has 0 fully saturated rings. The first-order valence-electron chi connectivity index (χ1n) is 8.66. The van der Waals surface area contributed by atoms with Crippen LogP contribution in [0.1, 0.15) is 41.5 Å². The van der Waals surface area contributed by atoms with Crippen LogP contribution in [0.4, 0.5) is 5.69 Å². The van der Waals surface area contributed by atoms with Crippen LogP contribution >= 0.6 is 11.3 Å². The number of thiophene rings is 1. The van der Waals surface area contributed by atoms with Crippen molar-refractivity contribution in [2.75, 3.05) is 11.9 Å². The van der Waals surface area contributed by atoms with Crippen molar-refractivity contribution in [3.05, 3.63) is 87.1 Å². The molecule has 0 saturated heterocycles. The van der Waals surface area contributed by atoms with Crippen LogP contribution in [0.2, 0.25) is 0 Å². The van der Waals surface area contributed by atoms with Gasteiger partial charge in [0.15, 0.2) is 6.61 Å². The number of ketones is 1. The van der Waals surface area contributed by atoms with Crippen LogP contribution in [0.3, 0.4) is 0 Å². The summed E-state index contributed by atoms with van der Waals surface area (Å²) in [4.78, 5) is 37.1. The van der Waals surface area contributed by atoms with Crippen molar-refractivity contribution in [1.29, 1.82) is 0 Å². The monoisotopic (exact) mass is 393 g/mol. The first-order chi connectivity index (χ1) is 13.4. The largest absolute Gasteiger partial charge is 0.454 e. The minimum atomic E-state index is -0.588. The summed E-state index contributed by atoms with van der Waals surface area (Å²) in [5, 5.41) is 4.59.